The second-order valence-corrected chi connectivity index (χ2v) is 4.99. The fourth-order valence-corrected chi connectivity index (χ4v) is 2.44. The number of aryl methyl sites for hydroxylation is 1. The summed E-state index contributed by atoms with van der Waals surface area (Å²) < 4.78 is 11.0. The Morgan fingerprint density at radius 2 is 2.37 bits per heavy atom. The van der Waals surface area contributed by atoms with Crippen LogP contribution < -0.4 is 0 Å². The summed E-state index contributed by atoms with van der Waals surface area (Å²) in [4.78, 5) is 13.2. The molecule has 0 aromatic carbocycles. The number of furan rings is 1. The second-order valence-electron chi connectivity index (χ2n) is 4.99. The Hall–Kier alpha value is -1.33. The van der Waals surface area contributed by atoms with Crippen molar-refractivity contribution in [3.05, 3.63) is 23.2 Å². The first kappa shape index (κ1) is 14.1. The van der Waals surface area contributed by atoms with Gasteiger partial charge in [0.15, 0.2) is 0 Å². The number of hydrogen-bond acceptors (Lipinski definition) is 4. The van der Waals surface area contributed by atoms with E-state index in [0.29, 0.717) is 24.0 Å². The van der Waals surface area contributed by atoms with Crippen LogP contribution in [0.15, 0.2) is 10.5 Å². The summed E-state index contributed by atoms with van der Waals surface area (Å²) in [5, 5.41) is 8.97. The van der Waals surface area contributed by atoms with Crippen molar-refractivity contribution >= 4 is 5.97 Å². The van der Waals surface area contributed by atoms with E-state index in [-0.39, 0.29) is 5.76 Å². The Labute approximate surface area is 113 Å². The molecule has 1 aromatic heterocycles. The smallest absolute Gasteiger partial charge is 0.372 e. The highest BCUT2D eigenvalue weighted by Crippen LogP contribution is 2.18. The molecule has 0 saturated carbocycles. The lowest BCUT2D eigenvalue weighted by atomic mass is 10.2. The number of carbonyl (C=O) groups is 1. The van der Waals surface area contributed by atoms with Crippen LogP contribution in [0.2, 0.25) is 0 Å². The van der Waals surface area contributed by atoms with Gasteiger partial charge in [0.1, 0.15) is 5.76 Å². The average molecular weight is 267 g/mol. The second kappa shape index (κ2) is 6.21. The standard InChI is InChI=1S/C14H21NO4/c1-3-15(8-11-5-4-6-18-11)9-12-7-10(2)13(19-12)14(16)17/h7,11H,3-6,8-9H2,1-2H3,(H,16,17). The topological polar surface area (TPSA) is 62.9 Å². The highest BCUT2D eigenvalue weighted by molar-refractivity contribution is 5.86. The van der Waals surface area contributed by atoms with Crippen molar-refractivity contribution in [2.45, 2.75) is 39.3 Å². The van der Waals surface area contributed by atoms with E-state index in [4.69, 9.17) is 14.3 Å². The summed E-state index contributed by atoms with van der Waals surface area (Å²) in [7, 11) is 0. The largest absolute Gasteiger partial charge is 0.475 e. The molecule has 1 fully saturated rings. The van der Waals surface area contributed by atoms with Gasteiger partial charge in [-0.2, -0.15) is 0 Å². The fourth-order valence-electron chi connectivity index (χ4n) is 2.44. The van der Waals surface area contributed by atoms with Gasteiger partial charge in [-0.1, -0.05) is 6.92 Å². The maximum Gasteiger partial charge on any atom is 0.372 e. The molecule has 1 unspecified atom stereocenters. The monoisotopic (exact) mass is 267 g/mol. The Balaban J connectivity index is 1.97. The van der Waals surface area contributed by atoms with Crippen molar-refractivity contribution in [2.24, 2.45) is 0 Å². The van der Waals surface area contributed by atoms with Gasteiger partial charge in [-0.05, 0) is 32.4 Å². The van der Waals surface area contributed by atoms with Crippen LogP contribution in [-0.4, -0.2) is 41.8 Å². The number of likely N-dealkylation sites (N-methyl/N-ethyl adjacent to an activating group) is 1. The van der Waals surface area contributed by atoms with E-state index < -0.39 is 5.97 Å². The van der Waals surface area contributed by atoms with Crippen molar-refractivity contribution in [1.82, 2.24) is 4.90 Å². The first-order valence-corrected chi connectivity index (χ1v) is 6.76. The molecular formula is C14H21NO4. The molecule has 0 bridgehead atoms. The van der Waals surface area contributed by atoms with Crippen LogP contribution in [0.1, 0.15) is 41.6 Å². The third kappa shape index (κ3) is 3.58. The molecule has 106 valence electrons. The summed E-state index contributed by atoms with van der Waals surface area (Å²) in [6.07, 6.45) is 2.54. The molecule has 1 aliphatic heterocycles. The van der Waals surface area contributed by atoms with Crippen molar-refractivity contribution in [3.63, 3.8) is 0 Å². The number of carboxylic acid groups (broad SMARTS) is 1. The van der Waals surface area contributed by atoms with Crippen LogP contribution in [0.4, 0.5) is 0 Å². The summed E-state index contributed by atoms with van der Waals surface area (Å²) in [6, 6.07) is 1.81. The third-order valence-corrected chi connectivity index (χ3v) is 3.48. The van der Waals surface area contributed by atoms with Gasteiger partial charge in [0.2, 0.25) is 5.76 Å². The normalized spacial score (nSPS) is 19.2. The van der Waals surface area contributed by atoms with Gasteiger partial charge in [0.05, 0.1) is 12.6 Å². The van der Waals surface area contributed by atoms with Gasteiger partial charge in [0.25, 0.3) is 0 Å². The van der Waals surface area contributed by atoms with E-state index >= 15 is 0 Å². The number of rotatable bonds is 6. The average Bonchev–Trinajstić information content (AvgIpc) is 2.98. The Kier molecular flexibility index (Phi) is 4.61. The maximum atomic E-state index is 10.9. The Morgan fingerprint density at radius 3 is 2.89 bits per heavy atom. The van der Waals surface area contributed by atoms with Gasteiger partial charge in [-0.15, -0.1) is 0 Å². The van der Waals surface area contributed by atoms with E-state index in [2.05, 4.69) is 11.8 Å². The fraction of sp³-hybridized carbons (Fsp3) is 0.643. The Morgan fingerprint density at radius 1 is 1.58 bits per heavy atom. The van der Waals surface area contributed by atoms with Crippen LogP contribution in [-0.2, 0) is 11.3 Å². The number of carboxylic acids is 1. The maximum absolute atomic E-state index is 10.9. The van der Waals surface area contributed by atoms with Gasteiger partial charge < -0.3 is 14.3 Å². The first-order chi connectivity index (χ1) is 9.10. The predicted molar refractivity (Wildman–Crippen MR) is 70.3 cm³/mol. The molecule has 0 amide bonds. The summed E-state index contributed by atoms with van der Waals surface area (Å²) in [5.74, 6) is -0.260. The van der Waals surface area contributed by atoms with Gasteiger partial charge in [-0.25, -0.2) is 4.79 Å². The van der Waals surface area contributed by atoms with Crippen LogP contribution >= 0.6 is 0 Å². The molecule has 0 spiro atoms. The van der Waals surface area contributed by atoms with Gasteiger partial charge >= 0.3 is 5.97 Å². The molecule has 2 rings (SSSR count). The van der Waals surface area contributed by atoms with Crippen molar-refractivity contribution in [3.8, 4) is 0 Å². The van der Waals surface area contributed by atoms with Crippen molar-refractivity contribution in [2.75, 3.05) is 19.7 Å². The van der Waals surface area contributed by atoms with Crippen LogP contribution in [0.5, 0.6) is 0 Å². The van der Waals surface area contributed by atoms with Crippen LogP contribution in [0, 0.1) is 6.92 Å². The minimum atomic E-state index is -1.01. The lowest BCUT2D eigenvalue weighted by Crippen LogP contribution is -2.31. The molecule has 1 aromatic rings. The third-order valence-electron chi connectivity index (χ3n) is 3.48. The molecular weight excluding hydrogens is 246 g/mol. The van der Waals surface area contributed by atoms with E-state index in [9.17, 15) is 4.79 Å². The molecule has 0 radical (unpaired) electrons. The molecule has 1 N–H and O–H groups in total. The van der Waals surface area contributed by atoms with E-state index in [1.807, 2.05) is 6.07 Å². The van der Waals surface area contributed by atoms with Gasteiger partial charge in [-0.3, -0.25) is 4.90 Å². The number of hydrogen-bond donors (Lipinski definition) is 1. The summed E-state index contributed by atoms with van der Waals surface area (Å²) >= 11 is 0. The van der Waals surface area contributed by atoms with E-state index in [1.165, 1.54) is 0 Å². The first-order valence-electron chi connectivity index (χ1n) is 6.76. The minimum absolute atomic E-state index is 0.0446. The van der Waals surface area contributed by atoms with Crippen molar-refractivity contribution in [1.29, 1.82) is 0 Å². The summed E-state index contributed by atoms with van der Waals surface area (Å²) in [6.45, 7) is 7.09. The summed E-state index contributed by atoms with van der Waals surface area (Å²) in [5.41, 5.74) is 0.677. The molecule has 0 aliphatic carbocycles. The van der Waals surface area contributed by atoms with Gasteiger partial charge in [0, 0.05) is 18.7 Å². The lowest BCUT2D eigenvalue weighted by Gasteiger charge is -2.22. The Bertz CT molecular complexity index is 435. The number of ether oxygens (including phenoxy) is 1. The predicted octanol–water partition coefficient (Wildman–Crippen LogP) is 2.29. The SMILES string of the molecule is CCN(Cc1cc(C)c(C(=O)O)o1)CC1CCCO1. The van der Waals surface area contributed by atoms with Crippen LogP contribution in [0.3, 0.4) is 0 Å². The molecule has 19 heavy (non-hydrogen) atoms. The molecule has 5 nitrogen and oxygen atoms in total. The molecule has 1 atom stereocenters. The minimum Gasteiger partial charge on any atom is -0.475 e. The highest BCUT2D eigenvalue weighted by atomic mass is 16.5. The zero-order chi connectivity index (χ0) is 13.8. The lowest BCUT2D eigenvalue weighted by molar-refractivity contribution is 0.0637. The van der Waals surface area contributed by atoms with E-state index in [0.717, 1.165) is 32.5 Å². The quantitative estimate of drug-likeness (QED) is 0.856. The zero-order valence-electron chi connectivity index (χ0n) is 11.5. The zero-order valence-corrected chi connectivity index (χ0v) is 11.5. The molecule has 2 heterocycles. The highest BCUT2D eigenvalue weighted by Gasteiger charge is 2.20. The van der Waals surface area contributed by atoms with E-state index in [1.54, 1.807) is 6.92 Å². The molecule has 1 saturated heterocycles. The molecule has 5 heteroatoms. The molecule has 1 aliphatic rings. The number of aromatic carboxylic acids is 1. The van der Waals surface area contributed by atoms with Crippen LogP contribution in [0.25, 0.3) is 0 Å². The van der Waals surface area contributed by atoms with Crippen molar-refractivity contribution < 1.29 is 19.1 Å². The number of nitrogens with zero attached hydrogens (tertiary/aromatic N) is 1.